The van der Waals surface area contributed by atoms with Crippen LogP contribution in [0.5, 0.6) is 0 Å². The molecule has 1 aliphatic heterocycles. The van der Waals surface area contributed by atoms with Gasteiger partial charge in [-0.1, -0.05) is 48.0 Å². The van der Waals surface area contributed by atoms with Gasteiger partial charge in [0, 0.05) is 18.7 Å². The van der Waals surface area contributed by atoms with Crippen molar-refractivity contribution in [2.24, 2.45) is 0 Å². The molecule has 0 bridgehead atoms. The fraction of sp³-hybridized carbons (Fsp3) is 0.273. The summed E-state index contributed by atoms with van der Waals surface area (Å²) in [6.45, 7) is 3.50. The maximum atomic E-state index is 13.0. The largest absolute Gasteiger partial charge is 0.337 e. The average molecular weight is 348 g/mol. The van der Waals surface area contributed by atoms with Crippen molar-refractivity contribution in [1.82, 2.24) is 10.2 Å². The lowest BCUT2D eigenvalue weighted by Crippen LogP contribution is -2.41. The molecule has 0 aliphatic carbocycles. The molecule has 2 aromatic rings. The number of carbonyl (C=O) groups is 2. The minimum atomic E-state index is -0.269. The molecule has 0 unspecified atom stereocenters. The number of aryl methyl sites for hydroxylation is 1. The smallest absolute Gasteiger partial charge is 0.270 e. The number of nitrogens with zero attached hydrogens (tertiary/aromatic N) is 1. The summed E-state index contributed by atoms with van der Waals surface area (Å²) in [6, 6.07) is 16.9. The Bertz CT molecular complexity index is 789. The van der Waals surface area contributed by atoms with E-state index in [2.05, 4.69) is 5.32 Å². The van der Waals surface area contributed by atoms with E-state index in [-0.39, 0.29) is 11.8 Å². The molecule has 4 heteroatoms. The van der Waals surface area contributed by atoms with Gasteiger partial charge in [0.15, 0.2) is 0 Å². The molecule has 1 heterocycles. The summed E-state index contributed by atoms with van der Waals surface area (Å²) in [7, 11) is 0. The van der Waals surface area contributed by atoms with Crippen molar-refractivity contribution in [2.75, 3.05) is 13.1 Å². The Morgan fingerprint density at radius 1 is 0.923 bits per heavy atom. The van der Waals surface area contributed by atoms with E-state index in [0.29, 0.717) is 11.3 Å². The maximum absolute atomic E-state index is 13.0. The summed E-state index contributed by atoms with van der Waals surface area (Å²) >= 11 is 0. The van der Waals surface area contributed by atoms with E-state index in [1.54, 1.807) is 18.2 Å². The molecule has 1 N–H and O–H groups in total. The normalized spacial score (nSPS) is 14.8. The van der Waals surface area contributed by atoms with Gasteiger partial charge in [0.05, 0.1) is 0 Å². The number of nitrogens with one attached hydrogen (secondary N) is 1. The quantitative estimate of drug-likeness (QED) is 0.855. The third kappa shape index (κ3) is 4.60. The molecule has 2 aromatic carbocycles. The van der Waals surface area contributed by atoms with Gasteiger partial charge in [-0.15, -0.1) is 0 Å². The highest BCUT2D eigenvalue weighted by molar-refractivity contribution is 6.05. The van der Waals surface area contributed by atoms with Crippen molar-refractivity contribution in [3.63, 3.8) is 0 Å². The van der Waals surface area contributed by atoms with Crippen LogP contribution in [0.4, 0.5) is 0 Å². The van der Waals surface area contributed by atoms with Gasteiger partial charge in [-0.2, -0.15) is 0 Å². The molecule has 0 aromatic heterocycles. The molecular formula is C22H24N2O2. The molecule has 134 valence electrons. The van der Waals surface area contributed by atoms with Crippen LogP contribution in [0, 0.1) is 6.92 Å². The first kappa shape index (κ1) is 17.9. The lowest BCUT2D eigenvalue weighted by molar-refractivity contribution is -0.128. The standard InChI is InChI=1S/C22H24N2O2/c1-17-10-12-18(13-11-17)16-20(22(26)24-14-6-3-7-15-24)23-21(25)19-8-4-2-5-9-19/h2,4-5,8-13,16H,3,6-7,14-15H2,1H3,(H,23,25). The fourth-order valence-corrected chi connectivity index (χ4v) is 3.03. The van der Waals surface area contributed by atoms with Crippen LogP contribution in [0.1, 0.15) is 40.7 Å². The Morgan fingerprint density at radius 3 is 2.23 bits per heavy atom. The van der Waals surface area contributed by atoms with Gasteiger partial charge in [-0.05, 0) is 50.0 Å². The Hall–Kier alpha value is -2.88. The van der Waals surface area contributed by atoms with Gasteiger partial charge in [0.2, 0.25) is 0 Å². The highest BCUT2D eigenvalue weighted by atomic mass is 16.2. The second kappa shape index (κ2) is 8.48. The Kier molecular flexibility index (Phi) is 5.84. The number of carbonyl (C=O) groups excluding carboxylic acids is 2. The molecule has 0 radical (unpaired) electrons. The Morgan fingerprint density at radius 2 is 1.58 bits per heavy atom. The average Bonchev–Trinajstić information content (AvgIpc) is 2.70. The zero-order valence-corrected chi connectivity index (χ0v) is 15.1. The van der Waals surface area contributed by atoms with E-state index in [9.17, 15) is 9.59 Å². The van der Waals surface area contributed by atoms with Crippen molar-refractivity contribution in [1.29, 1.82) is 0 Å². The van der Waals surface area contributed by atoms with Crippen LogP contribution >= 0.6 is 0 Å². The monoisotopic (exact) mass is 348 g/mol. The topological polar surface area (TPSA) is 49.4 Å². The number of piperidine rings is 1. The third-order valence-electron chi connectivity index (χ3n) is 4.55. The maximum Gasteiger partial charge on any atom is 0.270 e. The molecular weight excluding hydrogens is 324 g/mol. The van der Waals surface area contributed by atoms with Crippen LogP contribution in [0.3, 0.4) is 0 Å². The van der Waals surface area contributed by atoms with E-state index < -0.39 is 0 Å². The molecule has 0 saturated carbocycles. The summed E-state index contributed by atoms with van der Waals surface area (Å²) < 4.78 is 0. The van der Waals surface area contributed by atoms with Gasteiger partial charge in [-0.25, -0.2) is 0 Å². The lowest BCUT2D eigenvalue weighted by Gasteiger charge is -2.27. The molecule has 1 fully saturated rings. The first-order chi connectivity index (χ1) is 12.6. The number of hydrogen-bond acceptors (Lipinski definition) is 2. The lowest BCUT2D eigenvalue weighted by atomic mass is 10.1. The van der Waals surface area contributed by atoms with Crippen LogP contribution in [-0.4, -0.2) is 29.8 Å². The van der Waals surface area contributed by atoms with Crippen molar-refractivity contribution in [3.8, 4) is 0 Å². The SMILES string of the molecule is Cc1ccc(C=C(NC(=O)c2ccccc2)C(=O)N2CCCCC2)cc1. The van der Waals surface area contributed by atoms with Crippen molar-refractivity contribution < 1.29 is 9.59 Å². The number of rotatable bonds is 4. The van der Waals surface area contributed by atoms with Gasteiger partial charge in [0.1, 0.15) is 5.70 Å². The van der Waals surface area contributed by atoms with Crippen LogP contribution in [0.15, 0.2) is 60.3 Å². The zero-order chi connectivity index (χ0) is 18.4. The predicted molar refractivity (Wildman–Crippen MR) is 103 cm³/mol. The highest BCUT2D eigenvalue weighted by Gasteiger charge is 2.22. The van der Waals surface area contributed by atoms with Crippen molar-refractivity contribution in [2.45, 2.75) is 26.2 Å². The van der Waals surface area contributed by atoms with E-state index >= 15 is 0 Å². The Labute approximate surface area is 154 Å². The summed E-state index contributed by atoms with van der Waals surface area (Å²) in [6.07, 6.45) is 4.93. The van der Waals surface area contributed by atoms with Crippen LogP contribution in [0.2, 0.25) is 0 Å². The summed E-state index contributed by atoms with van der Waals surface area (Å²) in [5.74, 6) is -0.385. The molecule has 2 amide bonds. The zero-order valence-electron chi connectivity index (χ0n) is 15.1. The van der Waals surface area contributed by atoms with Crippen LogP contribution in [-0.2, 0) is 4.79 Å². The molecule has 0 atom stereocenters. The summed E-state index contributed by atoms with van der Waals surface area (Å²) in [5.41, 5.74) is 2.90. The van der Waals surface area contributed by atoms with Gasteiger partial charge < -0.3 is 10.2 Å². The fourth-order valence-electron chi connectivity index (χ4n) is 3.03. The highest BCUT2D eigenvalue weighted by Crippen LogP contribution is 2.15. The van der Waals surface area contributed by atoms with Gasteiger partial charge >= 0.3 is 0 Å². The number of hydrogen-bond donors (Lipinski definition) is 1. The van der Waals surface area contributed by atoms with Crippen LogP contribution in [0.25, 0.3) is 6.08 Å². The minimum absolute atomic E-state index is 0.116. The van der Waals surface area contributed by atoms with E-state index in [1.807, 2.05) is 54.3 Å². The molecule has 0 spiro atoms. The van der Waals surface area contributed by atoms with E-state index in [0.717, 1.165) is 43.5 Å². The summed E-state index contributed by atoms with van der Waals surface area (Å²) in [5, 5.41) is 2.82. The van der Waals surface area contributed by atoms with Crippen molar-refractivity contribution in [3.05, 3.63) is 77.0 Å². The minimum Gasteiger partial charge on any atom is -0.337 e. The van der Waals surface area contributed by atoms with Gasteiger partial charge in [-0.3, -0.25) is 9.59 Å². The van der Waals surface area contributed by atoms with E-state index in [1.165, 1.54) is 0 Å². The molecule has 1 aliphatic rings. The predicted octanol–water partition coefficient (Wildman–Crippen LogP) is 3.78. The second-order valence-electron chi connectivity index (χ2n) is 6.64. The number of likely N-dealkylation sites (tertiary alicyclic amines) is 1. The summed E-state index contributed by atoms with van der Waals surface area (Å²) in [4.78, 5) is 27.4. The van der Waals surface area contributed by atoms with Gasteiger partial charge in [0.25, 0.3) is 11.8 Å². The molecule has 1 saturated heterocycles. The molecule has 4 nitrogen and oxygen atoms in total. The van der Waals surface area contributed by atoms with Crippen molar-refractivity contribution >= 4 is 17.9 Å². The first-order valence-electron chi connectivity index (χ1n) is 9.07. The third-order valence-corrected chi connectivity index (χ3v) is 4.55. The number of benzene rings is 2. The first-order valence-corrected chi connectivity index (χ1v) is 9.07. The second-order valence-corrected chi connectivity index (χ2v) is 6.64. The van der Waals surface area contributed by atoms with E-state index in [4.69, 9.17) is 0 Å². The molecule has 26 heavy (non-hydrogen) atoms. The molecule has 3 rings (SSSR count). The Balaban J connectivity index is 1.86. The number of amides is 2. The van der Waals surface area contributed by atoms with Crippen LogP contribution < -0.4 is 5.32 Å².